The van der Waals surface area contributed by atoms with Crippen molar-refractivity contribution in [1.82, 2.24) is 0 Å². The van der Waals surface area contributed by atoms with Crippen molar-refractivity contribution in [1.29, 1.82) is 0 Å². The maximum Gasteiger partial charge on any atom is 0.0568 e. The first kappa shape index (κ1) is 14.9. The Morgan fingerprint density at radius 3 is 2.73 bits per heavy atom. The summed E-state index contributed by atoms with van der Waals surface area (Å²) in [6.07, 6.45) is 5.71. The summed E-state index contributed by atoms with van der Waals surface area (Å²) >= 11 is 14.9. The van der Waals surface area contributed by atoms with E-state index in [0.717, 1.165) is 17.0 Å². The van der Waals surface area contributed by atoms with Crippen LogP contribution in [0.3, 0.4) is 0 Å². The van der Waals surface area contributed by atoms with Gasteiger partial charge in [-0.15, -0.1) is 0 Å². The topological polar surface area (TPSA) is 12.0 Å². The van der Waals surface area contributed by atoms with Gasteiger partial charge in [0.2, 0.25) is 0 Å². The summed E-state index contributed by atoms with van der Waals surface area (Å²) < 4.78 is 1.28. The minimum Gasteiger partial charge on any atom is -0.378 e. The zero-order chi connectivity index (χ0) is 15.3. The second-order valence-corrected chi connectivity index (χ2v) is 7.96. The lowest BCUT2D eigenvalue weighted by Gasteiger charge is -2.38. The van der Waals surface area contributed by atoms with E-state index in [1.807, 2.05) is 12.1 Å². The average Bonchev–Trinajstić information content (AvgIpc) is 2.97. The molecule has 112 valence electrons. The van der Waals surface area contributed by atoms with Crippen LogP contribution in [-0.4, -0.2) is 0 Å². The Balaban J connectivity index is 1.81. The van der Waals surface area contributed by atoms with Gasteiger partial charge in [-0.05, 0) is 76.4 Å². The van der Waals surface area contributed by atoms with Gasteiger partial charge < -0.3 is 5.32 Å². The zero-order valence-corrected chi connectivity index (χ0v) is 15.4. The van der Waals surface area contributed by atoms with Crippen LogP contribution < -0.4 is 5.32 Å². The van der Waals surface area contributed by atoms with E-state index in [2.05, 4.69) is 64.3 Å². The number of hydrogen-bond donors (Lipinski definition) is 1. The zero-order valence-electron chi connectivity index (χ0n) is 11.7. The van der Waals surface area contributed by atoms with E-state index in [0.29, 0.717) is 16.9 Å². The minimum atomic E-state index is 0.220. The molecule has 22 heavy (non-hydrogen) atoms. The Kier molecular flexibility index (Phi) is 3.87. The van der Waals surface area contributed by atoms with Crippen molar-refractivity contribution in [2.24, 2.45) is 5.92 Å². The highest BCUT2D eigenvalue weighted by atomic mass is 127. The first-order chi connectivity index (χ1) is 10.6. The molecule has 2 aromatic carbocycles. The van der Waals surface area contributed by atoms with Crippen LogP contribution in [0.5, 0.6) is 0 Å². The molecular weight excluding hydrogens is 428 g/mol. The van der Waals surface area contributed by atoms with Crippen LogP contribution in [0.25, 0.3) is 0 Å². The lowest BCUT2D eigenvalue weighted by Crippen LogP contribution is -2.29. The van der Waals surface area contributed by atoms with Gasteiger partial charge in [-0.1, -0.05) is 41.4 Å². The van der Waals surface area contributed by atoms with E-state index in [4.69, 9.17) is 23.2 Å². The molecule has 0 saturated carbocycles. The average molecular weight is 442 g/mol. The van der Waals surface area contributed by atoms with Crippen LogP contribution in [0.15, 0.2) is 48.6 Å². The summed E-state index contributed by atoms with van der Waals surface area (Å²) in [7, 11) is 0. The third-order valence-corrected chi connectivity index (χ3v) is 5.86. The van der Waals surface area contributed by atoms with Crippen molar-refractivity contribution < 1.29 is 0 Å². The molecule has 0 aromatic heterocycles. The normalized spacial score (nSPS) is 25.5. The Hall–Kier alpha value is -0.710. The van der Waals surface area contributed by atoms with E-state index in [-0.39, 0.29) is 6.04 Å². The number of rotatable bonds is 1. The quantitative estimate of drug-likeness (QED) is 0.397. The molecule has 2 aromatic rings. The van der Waals surface area contributed by atoms with Gasteiger partial charge in [0, 0.05) is 25.2 Å². The van der Waals surface area contributed by atoms with Crippen LogP contribution in [0.4, 0.5) is 5.69 Å². The molecule has 4 rings (SSSR count). The number of halogens is 3. The van der Waals surface area contributed by atoms with Gasteiger partial charge in [0.1, 0.15) is 0 Å². The van der Waals surface area contributed by atoms with Crippen LogP contribution in [-0.2, 0) is 0 Å². The maximum absolute atomic E-state index is 6.46. The van der Waals surface area contributed by atoms with Crippen LogP contribution in [0.2, 0.25) is 10.0 Å². The van der Waals surface area contributed by atoms with Gasteiger partial charge in [0.15, 0.2) is 0 Å². The molecule has 0 saturated heterocycles. The molecule has 3 atom stereocenters. The van der Waals surface area contributed by atoms with Crippen molar-refractivity contribution in [3.8, 4) is 0 Å². The first-order valence-electron chi connectivity index (χ1n) is 7.31. The highest BCUT2D eigenvalue weighted by molar-refractivity contribution is 14.1. The second kappa shape index (κ2) is 5.73. The molecule has 2 aliphatic rings. The largest absolute Gasteiger partial charge is 0.378 e. The van der Waals surface area contributed by atoms with Gasteiger partial charge in [-0.3, -0.25) is 0 Å². The first-order valence-corrected chi connectivity index (χ1v) is 9.14. The number of hydrogen-bond acceptors (Lipinski definition) is 1. The van der Waals surface area contributed by atoms with E-state index < -0.39 is 0 Å². The maximum atomic E-state index is 6.46. The van der Waals surface area contributed by atoms with Crippen LogP contribution >= 0.6 is 45.8 Å². The van der Waals surface area contributed by atoms with Gasteiger partial charge >= 0.3 is 0 Å². The van der Waals surface area contributed by atoms with Gasteiger partial charge in [0.25, 0.3) is 0 Å². The fourth-order valence-electron chi connectivity index (χ4n) is 3.63. The van der Waals surface area contributed by atoms with Crippen molar-refractivity contribution in [2.75, 3.05) is 5.32 Å². The highest BCUT2D eigenvalue weighted by Gasteiger charge is 2.38. The Morgan fingerprint density at radius 1 is 1.05 bits per heavy atom. The fraction of sp³-hybridized carbons (Fsp3) is 0.222. The minimum absolute atomic E-state index is 0.220. The Labute approximate surface area is 153 Å². The molecule has 1 heterocycles. The SMILES string of the molecule is Clc1ccc([C@H]2Nc3ccc(I)cc3[C@H]3C=CC[C@H]32)c(Cl)c1. The number of allylic oxidation sites excluding steroid dienone is 2. The van der Waals surface area contributed by atoms with E-state index in [1.54, 1.807) is 0 Å². The molecule has 0 radical (unpaired) electrons. The number of nitrogens with one attached hydrogen (secondary N) is 1. The predicted molar refractivity (Wildman–Crippen MR) is 102 cm³/mol. The van der Waals surface area contributed by atoms with Crippen LogP contribution in [0.1, 0.15) is 29.5 Å². The predicted octanol–water partition coefficient (Wildman–Crippen LogP) is 6.42. The summed E-state index contributed by atoms with van der Waals surface area (Å²) in [5.41, 5.74) is 3.74. The summed E-state index contributed by atoms with van der Waals surface area (Å²) in [5, 5.41) is 5.12. The smallest absolute Gasteiger partial charge is 0.0568 e. The third-order valence-electron chi connectivity index (χ3n) is 4.62. The Morgan fingerprint density at radius 2 is 1.91 bits per heavy atom. The van der Waals surface area contributed by atoms with Gasteiger partial charge in [-0.2, -0.15) is 0 Å². The molecule has 0 unspecified atom stereocenters. The molecule has 1 aliphatic heterocycles. The molecular formula is C18H14Cl2IN. The summed E-state index contributed by atoms with van der Waals surface area (Å²) in [6.45, 7) is 0. The molecule has 4 heteroatoms. The lowest BCUT2D eigenvalue weighted by molar-refractivity contribution is 0.425. The van der Waals surface area contributed by atoms with Crippen molar-refractivity contribution in [3.63, 3.8) is 0 Å². The molecule has 0 fully saturated rings. The standard InChI is InChI=1S/C18H14Cl2IN/c19-10-4-6-14(16(20)8-10)18-13-3-1-2-12(13)15-9-11(21)5-7-17(15)22-18/h1-2,4-9,12-13,18,22H,3H2/t12-,13+,18-/m0/s1. The number of fused-ring (bicyclic) bond motifs is 3. The van der Waals surface area contributed by atoms with E-state index >= 15 is 0 Å². The summed E-state index contributed by atoms with van der Waals surface area (Å²) in [4.78, 5) is 0. The van der Waals surface area contributed by atoms with Crippen molar-refractivity contribution in [3.05, 3.63) is 73.3 Å². The van der Waals surface area contributed by atoms with E-state index in [1.165, 1.54) is 14.8 Å². The number of benzene rings is 2. The molecule has 0 bridgehead atoms. The lowest BCUT2D eigenvalue weighted by atomic mass is 9.77. The second-order valence-electron chi connectivity index (χ2n) is 5.87. The molecule has 1 N–H and O–H groups in total. The molecule has 1 aliphatic carbocycles. The monoisotopic (exact) mass is 441 g/mol. The molecule has 0 spiro atoms. The number of anilines is 1. The Bertz CT molecular complexity index is 772. The summed E-state index contributed by atoms with van der Waals surface area (Å²) in [6, 6.07) is 12.6. The highest BCUT2D eigenvalue weighted by Crippen LogP contribution is 2.51. The fourth-order valence-corrected chi connectivity index (χ4v) is 4.67. The van der Waals surface area contributed by atoms with Gasteiger partial charge in [0.05, 0.1) is 6.04 Å². The van der Waals surface area contributed by atoms with Crippen molar-refractivity contribution >= 4 is 51.5 Å². The third kappa shape index (κ3) is 2.45. The molecule has 1 nitrogen and oxygen atoms in total. The molecule has 0 amide bonds. The van der Waals surface area contributed by atoms with Gasteiger partial charge in [-0.25, -0.2) is 0 Å². The van der Waals surface area contributed by atoms with Crippen molar-refractivity contribution in [2.45, 2.75) is 18.4 Å². The van der Waals surface area contributed by atoms with E-state index in [9.17, 15) is 0 Å². The summed E-state index contributed by atoms with van der Waals surface area (Å²) in [5.74, 6) is 0.965. The van der Waals surface area contributed by atoms with Crippen LogP contribution in [0, 0.1) is 9.49 Å².